The Kier molecular flexibility index (Phi) is 6.67. The molecule has 0 spiro atoms. The first-order chi connectivity index (χ1) is 8.20. The third-order valence-corrected chi connectivity index (χ3v) is 2.41. The van der Waals surface area contributed by atoms with E-state index >= 15 is 0 Å². The van der Waals surface area contributed by atoms with Crippen molar-refractivity contribution < 1.29 is 17.5 Å². The summed E-state index contributed by atoms with van der Waals surface area (Å²) >= 11 is 0. The molecule has 0 radical (unpaired) electrons. The van der Waals surface area contributed by atoms with Gasteiger partial charge in [-0.15, -0.1) is 0 Å². The molecule has 7 heteroatoms. The molecule has 0 atom stereocenters. The van der Waals surface area contributed by atoms with Crippen LogP contribution in [0.1, 0.15) is 19.4 Å². The van der Waals surface area contributed by atoms with E-state index in [2.05, 4.69) is 30.9 Å². The van der Waals surface area contributed by atoms with Crippen LogP contribution >= 0.6 is 0 Å². The second kappa shape index (κ2) is 7.20. The molecule has 0 aliphatic carbocycles. The van der Waals surface area contributed by atoms with Crippen LogP contribution in [0.5, 0.6) is 0 Å². The highest BCUT2D eigenvalue weighted by Crippen LogP contribution is 2.25. The molecule has 0 fully saturated rings. The Balaban J connectivity index is 0.000000494. The third kappa shape index (κ3) is 6.43. The van der Waals surface area contributed by atoms with Crippen molar-refractivity contribution in [2.24, 2.45) is 0 Å². The number of anilines is 2. The molecule has 0 aliphatic rings. The lowest BCUT2D eigenvalue weighted by molar-refractivity contribution is 0.381. The van der Waals surface area contributed by atoms with Gasteiger partial charge in [0.05, 0.1) is 11.4 Å². The molecule has 0 unspecified atom stereocenters. The maximum absolute atomic E-state index is 8.74. The van der Waals surface area contributed by atoms with Crippen molar-refractivity contribution in [1.82, 2.24) is 0 Å². The van der Waals surface area contributed by atoms with Gasteiger partial charge in [0.1, 0.15) is 0 Å². The average Bonchev–Trinajstić information content (AvgIpc) is 2.23. The zero-order chi connectivity index (χ0) is 14.3. The Morgan fingerprint density at radius 1 is 1.22 bits per heavy atom. The van der Waals surface area contributed by atoms with Crippen LogP contribution in [0.25, 0.3) is 0 Å². The number of para-hydroxylation sites is 1. The van der Waals surface area contributed by atoms with Crippen molar-refractivity contribution in [1.29, 1.82) is 0 Å². The van der Waals surface area contributed by atoms with Crippen molar-refractivity contribution in [3.05, 3.63) is 23.8 Å². The van der Waals surface area contributed by atoms with Crippen molar-refractivity contribution in [3.8, 4) is 0 Å². The van der Waals surface area contributed by atoms with Crippen LogP contribution in [-0.4, -0.2) is 30.6 Å². The molecule has 0 amide bonds. The second-order valence-corrected chi connectivity index (χ2v) is 4.52. The fourth-order valence-electron chi connectivity index (χ4n) is 1.51. The van der Waals surface area contributed by atoms with E-state index in [9.17, 15) is 0 Å². The third-order valence-electron chi connectivity index (χ3n) is 2.41. The minimum atomic E-state index is -4.67. The van der Waals surface area contributed by atoms with Gasteiger partial charge in [0.15, 0.2) is 0 Å². The number of aryl methyl sites for hydroxylation is 1. The van der Waals surface area contributed by atoms with Gasteiger partial charge in [-0.3, -0.25) is 9.11 Å². The molecule has 0 bridgehead atoms. The number of hydrogen-bond donors (Lipinski definition) is 3. The first kappa shape index (κ1) is 16.7. The van der Waals surface area contributed by atoms with Crippen LogP contribution in [0, 0.1) is 6.92 Å². The maximum Gasteiger partial charge on any atom is 0.394 e. The molecule has 6 nitrogen and oxygen atoms in total. The van der Waals surface area contributed by atoms with Crippen LogP contribution < -0.4 is 10.6 Å². The van der Waals surface area contributed by atoms with E-state index < -0.39 is 10.4 Å². The molecule has 18 heavy (non-hydrogen) atoms. The van der Waals surface area contributed by atoms with Crippen LogP contribution in [0.3, 0.4) is 0 Å². The van der Waals surface area contributed by atoms with Crippen molar-refractivity contribution >= 4 is 21.8 Å². The number of nitrogen functional groups attached to an aromatic ring is 1. The topological polar surface area (TPSA) is 104 Å². The lowest BCUT2D eigenvalue weighted by atomic mass is 10.1. The summed E-state index contributed by atoms with van der Waals surface area (Å²) in [6.07, 6.45) is 0. The Morgan fingerprint density at radius 3 is 2.06 bits per heavy atom. The van der Waals surface area contributed by atoms with Crippen molar-refractivity contribution in [3.63, 3.8) is 0 Å². The van der Waals surface area contributed by atoms with E-state index in [0.717, 1.165) is 30.0 Å². The number of rotatable bonds is 3. The van der Waals surface area contributed by atoms with Gasteiger partial charge in [0.2, 0.25) is 0 Å². The normalized spacial score (nSPS) is 10.5. The molecular weight excluding hydrogens is 256 g/mol. The number of hydrogen-bond acceptors (Lipinski definition) is 4. The SMILES string of the molecule is CCN(CC)c1cccc(C)c1N.O=S(=O)(O)O. The summed E-state index contributed by atoms with van der Waals surface area (Å²) in [5.41, 5.74) is 9.22. The Labute approximate surface area is 108 Å². The van der Waals surface area contributed by atoms with Gasteiger partial charge in [0, 0.05) is 13.1 Å². The van der Waals surface area contributed by atoms with Gasteiger partial charge in [0.25, 0.3) is 0 Å². The largest absolute Gasteiger partial charge is 0.397 e. The molecule has 4 N–H and O–H groups in total. The van der Waals surface area contributed by atoms with Crippen LogP contribution in [0.2, 0.25) is 0 Å². The predicted octanol–water partition coefficient (Wildman–Crippen LogP) is 1.77. The Bertz CT molecular complexity index is 462. The van der Waals surface area contributed by atoms with Gasteiger partial charge in [-0.25, -0.2) is 0 Å². The van der Waals surface area contributed by atoms with E-state index in [1.807, 2.05) is 13.0 Å². The highest BCUT2D eigenvalue weighted by atomic mass is 32.3. The fraction of sp³-hybridized carbons (Fsp3) is 0.455. The van der Waals surface area contributed by atoms with Gasteiger partial charge < -0.3 is 10.6 Å². The van der Waals surface area contributed by atoms with Crippen LogP contribution in [0.15, 0.2) is 18.2 Å². The summed E-state index contributed by atoms with van der Waals surface area (Å²) in [5.74, 6) is 0. The summed E-state index contributed by atoms with van der Waals surface area (Å²) in [4.78, 5) is 2.27. The highest BCUT2D eigenvalue weighted by molar-refractivity contribution is 7.79. The summed E-state index contributed by atoms with van der Waals surface area (Å²) in [6.45, 7) is 8.34. The smallest absolute Gasteiger partial charge is 0.394 e. The summed E-state index contributed by atoms with van der Waals surface area (Å²) < 4.78 is 31.6. The quantitative estimate of drug-likeness (QED) is 0.574. The first-order valence-corrected chi connectivity index (χ1v) is 6.90. The molecule has 0 aromatic heterocycles. The fourth-order valence-corrected chi connectivity index (χ4v) is 1.51. The minimum Gasteiger partial charge on any atom is -0.397 e. The molecule has 104 valence electrons. The van der Waals surface area contributed by atoms with E-state index in [1.165, 1.54) is 0 Å². The van der Waals surface area contributed by atoms with E-state index in [0.29, 0.717) is 0 Å². The standard InChI is InChI=1S/C11H18N2.H2O4S/c1-4-13(5-2)10-8-6-7-9(3)11(10)12;1-5(2,3)4/h6-8H,4-5,12H2,1-3H3;(H2,1,2,3,4). The predicted molar refractivity (Wildman–Crippen MR) is 73.3 cm³/mol. The molecule has 1 rings (SSSR count). The van der Waals surface area contributed by atoms with E-state index in [1.54, 1.807) is 0 Å². The van der Waals surface area contributed by atoms with E-state index in [4.69, 9.17) is 23.3 Å². The molecular formula is C11H20N2O4S. The van der Waals surface area contributed by atoms with Crippen molar-refractivity contribution in [2.75, 3.05) is 23.7 Å². The minimum absolute atomic E-state index is 0.909. The van der Waals surface area contributed by atoms with E-state index in [-0.39, 0.29) is 0 Å². The monoisotopic (exact) mass is 276 g/mol. The second-order valence-electron chi connectivity index (χ2n) is 3.63. The molecule has 0 saturated heterocycles. The van der Waals surface area contributed by atoms with Crippen LogP contribution in [0.4, 0.5) is 11.4 Å². The highest BCUT2D eigenvalue weighted by Gasteiger charge is 2.06. The van der Waals surface area contributed by atoms with Gasteiger partial charge in [-0.05, 0) is 32.4 Å². The summed E-state index contributed by atoms with van der Waals surface area (Å²) in [7, 11) is -4.67. The zero-order valence-corrected chi connectivity index (χ0v) is 11.6. The van der Waals surface area contributed by atoms with Gasteiger partial charge in [-0.1, -0.05) is 12.1 Å². The van der Waals surface area contributed by atoms with Crippen molar-refractivity contribution in [2.45, 2.75) is 20.8 Å². The number of nitrogens with two attached hydrogens (primary N) is 1. The summed E-state index contributed by atoms with van der Waals surface area (Å²) in [5, 5.41) is 0. The first-order valence-electron chi connectivity index (χ1n) is 5.50. The summed E-state index contributed by atoms with van der Waals surface area (Å²) in [6, 6.07) is 6.18. The Hall–Kier alpha value is -1.31. The molecule has 1 aromatic carbocycles. The Morgan fingerprint density at radius 2 is 1.67 bits per heavy atom. The maximum atomic E-state index is 8.74. The molecule has 0 aliphatic heterocycles. The number of benzene rings is 1. The lowest BCUT2D eigenvalue weighted by Gasteiger charge is -2.23. The average molecular weight is 276 g/mol. The zero-order valence-electron chi connectivity index (χ0n) is 10.8. The lowest BCUT2D eigenvalue weighted by Crippen LogP contribution is -2.23. The van der Waals surface area contributed by atoms with Gasteiger partial charge >= 0.3 is 10.4 Å². The molecule has 0 saturated carbocycles. The molecule has 0 heterocycles. The van der Waals surface area contributed by atoms with Crippen LogP contribution in [-0.2, 0) is 10.4 Å². The van der Waals surface area contributed by atoms with Gasteiger partial charge in [-0.2, -0.15) is 8.42 Å². The number of nitrogens with zero attached hydrogens (tertiary/aromatic N) is 1. The molecule has 1 aromatic rings.